The van der Waals surface area contributed by atoms with Gasteiger partial charge in [0.2, 0.25) is 0 Å². The molecule has 1 amide bonds. The first-order valence-electron chi connectivity index (χ1n) is 5.11. The van der Waals surface area contributed by atoms with Gasteiger partial charge in [0.25, 0.3) is 5.91 Å². The van der Waals surface area contributed by atoms with Crippen molar-refractivity contribution >= 4 is 17.3 Å². The molecule has 0 aliphatic carbocycles. The predicted molar refractivity (Wildman–Crippen MR) is 66.4 cm³/mol. The van der Waals surface area contributed by atoms with Gasteiger partial charge < -0.3 is 21.3 Å². The lowest BCUT2D eigenvalue weighted by molar-refractivity contribution is 0.102. The van der Waals surface area contributed by atoms with Gasteiger partial charge in [-0.3, -0.25) is 9.78 Å². The maximum Gasteiger partial charge on any atom is 0.263 e. The molecule has 0 saturated carbocycles. The number of aromatic nitrogens is 1. The van der Waals surface area contributed by atoms with Gasteiger partial charge in [-0.1, -0.05) is 6.07 Å². The standard InChI is InChI=1S/C12H11N3O3/c13-7-6-14-5-4-8(7)15-12(18)11-9(16)2-1-3-10(11)17/h1-6,16-17H,13H2,(H,14,15,18). The van der Waals surface area contributed by atoms with Gasteiger partial charge in [0.05, 0.1) is 17.6 Å². The number of amides is 1. The Labute approximate surface area is 103 Å². The summed E-state index contributed by atoms with van der Waals surface area (Å²) in [6.07, 6.45) is 2.86. The lowest BCUT2D eigenvalue weighted by atomic mass is 10.1. The fraction of sp³-hybridized carbons (Fsp3) is 0. The highest BCUT2D eigenvalue weighted by atomic mass is 16.3. The summed E-state index contributed by atoms with van der Waals surface area (Å²) in [5, 5.41) is 21.6. The summed E-state index contributed by atoms with van der Waals surface area (Å²) >= 11 is 0. The molecular weight excluding hydrogens is 234 g/mol. The van der Waals surface area contributed by atoms with E-state index in [1.165, 1.54) is 36.7 Å². The Morgan fingerprint density at radius 3 is 2.50 bits per heavy atom. The van der Waals surface area contributed by atoms with Crippen molar-refractivity contribution in [3.63, 3.8) is 0 Å². The minimum Gasteiger partial charge on any atom is -0.507 e. The Hall–Kier alpha value is -2.76. The summed E-state index contributed by atoms with van der Waals surface area (Å²) in [5.41, 5.74) is 6.07. The molecule has 2 rings (SSSR count). The van der Waals surface area contributed by atoms with Crippen molar-refractivity contribution in [3.05, 3.63) is 42.2 Å². The molecule has 0 saturated heterocycles. The number of nitrogens with two attached hydrogens (primary N) is 1. The first kappa shape index (κ1) is 11.7. The van der Waals surface area contributed by atoms with Gasteiger partial charge in [-0.15, -0.1) is 0 Å². The molecule has 2 aromatic rings. The lowest BCUT2D eigenvalue weighted by Crippen LogP contribution is -2.13. The van der Waals surface area contributed by atoms with E-state index in [1.807, 2.05) is 0 Å². The topological polar surface area (TPSA) is 108 Å². The van der Waals surface area contributed by atoms with Crippen LogP contribution in [-0.2, 0) is 0 Å². The van der Waals surface area contributed by atoms with Crippen LogP contribution in [0, 0.1) is 0 Å². The average Bonchev–Trinajstić information content (AvgIpc) is 2.32. The van der Waals surface area contributed by atoms with Crippen LogP contribution in [0.25, 0.3) is 0 Å². The van der Waals surface area contributed by atoms with E-state index >= 15 is 0 Å². The summed E-state index contributed by atoms with van der Waals surface area (Å²) in [6.45, 7) is 0. The highest BCUT2D eigenvalue weighted by molar-refractivity contribution is 6.09. The number of pyridine rings is 1. The molecule has 0 spiro atoms. The molecule has 0 aliphatic rings. The Balaban J connectivity index is 2.31. The highest BCUT2D eigenvalue weighted by Crippen LogP contribution is 2.27. The number of rotatable bonds is 2. The van der Waals surface area contributed by atoms with Crippen LogP contribution in [0.4, 0.5) is 11.4 Å². The molecule has 0 atom stereocenters. The van der Waals surface area contributed by atoms with E-state index < -0.39 is 5.91 Å². The summed E-state index contributed by atoms with van der Waals surface area (Å²) in [6, 6.07) is 5.57. The molecule has 18 heavy (non-hydrogen) atoms. The predicted octanol–water partition coefficient (Wildman–Crippen LogP) is 1.33. The van der Waals surface area contributed by atoms with Crippen molar-refractivity contribution in [1.82, 2.24) is 4.98 Å². The molecule has 6 nitrogen and oxygen atoms in total. The molecule has 6 heteroatoms. The molecule has 0 aliphatic heterocycles. The van der Waals surface area contributed by atoms with Crippen LogP contribution in [0.1, 0.15) is 10.4 Å². The van der Waals surface area contributed by atoms with Crippen molar-refractivity contribution in [2.45, 2.75) is 0 Å². The van der Waals surface area contributed by atoms with Gasteiger partial charge >= 0.3 is 0 Å². The zero-order valence-electron chi connectivity index (χ0n) is 9.29. The fourth-order valence-electron chi connectivity index (χ4n) is 1.47. The van der Waals surface area contributed by atoms with E-state index in [9.17, 15) is 15.0 Å². The third-order valence-corrected chi connectivity index (χ3v) is 2.35. The van der Waals surface area contributed by atoms with Gasteiger partial charge in [-0.2, -0.15) is 0 Å². The number of hydrogen-bond acceptors (Lipinski definition) is 5. The van der Waals surface area contributed by atoms with Crippen LogP contribution in [0.3, 0.4) is 0 Å². The van der Waals surface area contributed by atoms with Gasteiger partial charge in [0.15, 0.2) is 0 Å². The van der Waals surface area contributed by atoms with Crippen LogP contribution >= 0.6 is 0 Å². The average molecular weight is 245 g/mol. The molecule has 0 radical (unpaired) electrons. The number of phenols is 2. The Morgan fingerprint density at radius 2 is 1.89 bits per heavy atom. The van der Waals surface area contributed by atoms with Crippen molar-refractivity contribution in [3.8, 4) is 11.5 Å². The molecule has 0 bridgehead atoms. The van der Waals surface area contributed by atoms with Crippen LogP contribution in [0.5, 0.6) is 11.5 Å². The molecule has 5 N–H and O–H groups in total. The highest BCUT2D eigenvalue weighted by Gasteiger charge is 2.16. The molecule has 1 heterocycles. The largest absolute Gasteiger partial charge is 0.507 e. The third-order valence-electron chi connectivity index (χ3n) is 2.35. The van der Waals surface area contributed by atoms with Crippen molar-refractivity contribution < 1.29 is 15.0 Å². The van der Waals surface area contributed by atoms with Crippen LogP contribution < -0.4 is 11.1 Å². The van der Waals surface area contributed by atoms with Crippen molar-refractivity contribution in [2.24, 2.45) is 0 Å². The molecule has 1 aromatic carbocycles. The lowest BCUT2D eigenvalue weighted by Gasteiger charge is -2.09. The normalized spacial score (nSPS) is 10.0. The van der Waals surface area contributed by atoms with E-state index in [1.54, 1.807) is 0 Å². The number of carbonyl (C=O) groups is 1. The summed E-state index contributed by atoms with van der Waals surface area (Å²) in [5.74, 6) is -1.26. The molecular formula is C12H11N3O3. The van der Waals surface area contributed by atoms with E-state index in [2.05, 4.69) is 10.3 Å². The Morgan fingerprint density at radius 1 is 1.22 bits per heavy atom. The van der Waals surface area contributed by atoms with Crippen LogP contribution in [0.15, 0.2) is 36.7 Å². The second kappa shape index (κ2) is 4.62. The number of phenolic OH excluding ortho intramolecular Hbond substituents is 2. The number of nitrogens with one attached hydrogen (secondary N) is 1. The number of hydrogen-bond donors (Lipinski definition) is 4. The van der Waals surface area contributed by atoms with E-state index in [-0.39, 0.29) is 17.1 Å². The van der Waals surface area contributed by atoms with Gasteiger partial charge in [-0.25, -0.2) is 0 Å². The Kier molecular flexibility index (Phi) is 3.01. The third kappa shape index (κ3) is 2.17. The minimum absolute atomic E-state index is 0.200. The van der Waals surface area contributed by atoms with Crippen molar-refractivity contribution in [1.29, 1.82) is 0 Å². The maximum atomic E-state index is 11.9. The van der Waals surface area contributed by atoms with E-state index in [4.69, 9.17) is 5.73 Å². The number of benzene rings is 1. The Bertz CT molecular complexity index is 579. The zero-order valence-corrected chi connectivity index (χ0v) is 9.29. The van der Waals surface area contributed by atoms with E-state index in [0.717, 1.165) is 0 Å². The van der Waals surface area contributed by atoms with Crippen LogP contribution in [-0.4, -0.2) is 21.1 Å². The second-order valence-corrected chi connectivity index (χ2v) is 3.59. The smallest absolute Gasteiger partial charge is 0.263 e. The molecule has 1 aromatic heterocycles. The minimum atomic E-state index is -0.650. The fourth-order valence-corrected chi connectivity index (χ4v) is 1.47. The number of nitrogen functional groups attached to an aromatic ring is 1. The van der Waals surface area contributed by atoms with Crippen molar-refractivity contribution in [2.75, 3.05) is 11.1 Å². The monoisotopic (exact) mass is 245 g/mol. The van der Waals surface area contributed by atoms with Gasteiger partial charge in [0.1, 0.15) is 17.1 Å². The zero-order chi connectivity index (χ0) is 13.1. The molecule has 0 unspecified atom stereocenters. The SMILES string of the molecule is Nc1cnccc1NC(=O)c1c(O)cccc1O. The number of anilines is 2. The summed E-state index contributed by atoms with van der Waals surface area (Å²) < 4.78 is 0. The van der Waals surface area contributed by atoms with Crippen LogP contribution in [0.2, 0.25) is 0 Å². The van der Waals surface area contributed by atoms with Gasteiger partial charge in [-0.05, 0) is 18.2 Å². The second-order valence-electron chi connectivity index (χ2n) is 3.59. The van der Waals surface area contributed by atoms with E-state index in [0.29, 0.717) is 11.4 Å². The van der Waals surface area contributed by atoms with Gasteiger partial charge in [0, 0.05) is 6.20 Å². The number of nitrogens with zero attached hydrogens (tertiary/aromatic N) is 1. The maximum absolute atomic E-state index is 11.9. The summed E-state index contributed by atoms with van der Waals surface area (Å²) in [7, 11) is 0. The number of carbonyl (C=O) groups excluding carboxylic acids is 1. The first-order valence-corrected chi connectivity index (χ1v) is 5.11. The molecule has 0 fully saturated rings. The number of aromatic hydroxyl groups is 2. The molecule has 92 valence electrons. The first-order chi connectivity index (χ1) is 8.59. The quantitative estimate of drug-likeness (QED) is 0.638. The summed E-state index contributed by atoms with van der Waals surface area (Å²) in [4.78, 5) is 15.7.